The van der Waals surface area contributed by atoms with E-state index in [1.54, 1.807) is 66.7 Å². The number of rotatable bonds is 6. The van der Waals surface area contributed by atoms with Gasteiger partial charge < -0.3 is 19.9 Å². The van der Waals surface area contributed by atoms with Gasteiger partial charge in [0.15, 0.2) is 6.61 Å². The summed E-state index contributed by atoms with van der Waals surface area (Å²) in [4.78, 5) is 36.1. The van der Waals surface area contributed by atoms with Crippen LogP contribution in [0.25, 0.3) is 11.1 Å². The van der Waals surface area contributed by atoms with Crippen molar-refractivity contribution in [2.45, 2.75) is 0 Å². The quantitative estimate of drug-likeness (QED) is 0.607. The Morgan fingerprint density at radius 2 is 1.43 bits per heavy atom. The second kappa shape index (κ2) is 9.38. The fourth-order valence-corrected chi connectivity index (χ4v) is 2.73. The van der Waals surface area contributed by atoms with Crippen LogP contribution in [0.2, 0.25) is 0 Å². The molecule has 0 fully saturated rings. The lowest BCUT2D eigenvalue weighted by atomic mass is 10.0. The minimum Gasteiger partial charge on any atom is -0.508 e. The second-order valence-electron chi connectivity index (χ2n) is 6.29. The van der Waals surface area contributed by atoms with Gasteiger partial charge in [-0.25, -0.2) is 9.59 Å². The second-order valence-corrected chi connectivity index (χ2v) is 6.29. The van der Waals surface area contributed by atoms with Crippen LogP contribution in [0, 0.1) is 0 Å². The third-order valence-corrected chi connectivity index (χ3v) is 4.26. The molecule has 7 nitrogen and oxygen atoms in total. The Kier molecular flexibility index (Phi) is 6.44. The van der Waals surface area contributed by atoms with Crippen molar-refractivity contribution in [2.24, 2.45) is 0 Å². The summed E-state index contributed by atoms with van der Waals surface area (Å²) < 4.78 is 9.72. The fourth-order valence-electron chi connectivity index (χ4n) is 2.73. The van der Waals surface area contributed by atoms with Gasteiger partial charge in [-0.05, 0) is 47.5 Å². The van der Waals surface area contributed by atoms with E-state index >= 15 is 0 Å². The highest BCUT2D eigenvalue weighted by atomic mass is 16.5. The van der Waals surface area contributed by atoms with Crippen molar-refractivity contribution in [1.82, 2.24) is 0 Å². The molecule has 1 amide bonds. The van der Waals surface area contributed by atoms with Gasteiger partial charge in [-0.2, -0.15) is 0 Å². The Bertz CT molecular complexity index is 1060. The summed E-state index contributed by atoms with van der Waals surface area (Å²) in [5.74, 6) is -1.65. The van der Waals surface area contributed by atoms with Crippen LogP contribution in [0.5, 0.6) is 5.75 Å². The lowest BCUT2D eigenvalue weighted by molar-refractivity contribution is -0.119. The molecular formula is C23H19NO6. The maximum Gasteiger partial charge on any atom is 0.339 e. The van der Waals surface area contributed by atoms with Gasteiger partial charge in [-0.1, -0.05) is 36.4 Å². The monoisotopic (exact) mass is 405 g/mol. The minimum atomic E-state index is -0.649. The van der Waals surface area contributed by atoms with Crippen LogP contribution in [-0.4, -0.2) is 36.7 Å². The van der Waals surface area contributed by atoms with E-state index in [9.17, 15) is 19.5 Å². The number of phenolic OH excluding ortho intramolecular Hbond substituents is 1. The van der Waals surface area contributed by atoms with Crippen LogP contribution in [0.3, 0.4) is 0 Å². The summed E-state index contributed by atoms with van der Waals surface area (Å²) in [6, 6.07) is 19.7. The molecule has 0 aliphatic carbocycles. The van der Waals surface area contributed by atoms with Crippen LogP contribution in [-0.2, 0) is 14.3 Å². The van der Waals surface area contributed by atoms with Gasteiger partial charge in [0.2, 0.25) is 0 Å². The molecule has 2 N–H and O–H groups in total. The molecule has 3 rings (SSSR count). The summed E-state index contributed by atoms with van der Waals surface area (Å²) >= 11 is 0. The highest BCUT2D eigenvalue weighted by molar-refractivity contribution is 6.02. The Hall–Kier alpha value is -4.13. The number of methoxy groups -OCH3 is 1. The van der Waals surface area contributed by atoms with E-state index in [4.69, 9.17) is 4.74 Å². The Balaban J connectivity index is 1.58. The summed E-state index contributed by atoms with van der Waals surface area (Å²) in [6.07, 6.45) is 0. The number of carbonyl (C=O) groups is 3. The average molecular weight is 405 g/mol. The molecule has 0 heterocycles. The first kappa shape index (κ1) is 20.6. The van der Waals surface area contributed by atoms with Crippen LogP contribution in [0.1, 0.15) is 20.7 Å². The number of aromatic hydroxyl groups is 1. The molecule has 30 heavy (non-hydrogen) atoms. The number of para-hydroxylation sites is 1. The summed E-state index contributed by atoms with van der Waals surface area (Å²) in [6.45, 7) is -0.506. The van der Waals surface area contributed by atoms with E-state index in [-0.39, 0.29) is 17.0 Å². The molecule has 0 atom stereocenters. The van der Waals surface area contributed by atoms with Gasteiger partial charge in [0.25, 0.3) is 5.91 Å². The Labute approximate surface area is 172 Å². The van der Waals surface area contributed by atoms with E-state index < -0.39 is 24.5 Å². The molecule has 7 heteroatoms. The lowest BCUT2D eigenvalue weighted by Crippen LogP contribution is -2.22. The third kappa shape index (κ3) is 5.02. The number of amides is 1. The molecule has 0 aromatic heterocycles. The fraction of sp³-hybridized carbons (Fsp3) is 0.0870. The molecule has 0 spiro atoms. The Morgan fingerprint density at radius 1 is 0.833 bits per heavy atom. The van der Waals surface area contributed by atoms with Gasteiger partial charge in [0.05, 0.1) is 23.9 Å². The van der Waals surface area contributed by atoms with Gasteiger partial charge >= 0.3 is 11.9 Å². The molecule has 152 valence electrons. The standard InChI is InChI=1S/C23H19NO6/c1-29-23(28)19-4-2-3-5-20(19)24-21(26)14-30-22(27)17-8-6-15(7-9-17)16-10-12-18(25)13-11-16/h2-13,25H,14H2,1H3,(H,24,26). The van der Waals surface area contributed by atoms with E-state index in [1.165, 1.54) is 13.2 Å². The van der Waals surface area contributed by atoms with Crippen LogP contribution in [0.4, 0.5) is 5.69 Å². The minimum absolute atomic E-state index is 0.173. The van der Waals surface area contributed by atoms with Crippen molar-refractivity contribution in [2.75, 3.05) is 19.0 Å². The van der Waals surface area contributed by atoms with E-state index in [0.29, 0.717) is 5.56 Å². The zero-order valence-corrected chi connectivity index (χ0v) is 16.1. The number of esters is 2. The predicted octanol–water partition coefficient (Wildman–Crippen LogP) is 3.64. The predicted molar refractivity (Wildman–Crippen MR) is 110 cm³/mol. The van der Waals surface area contributed by atoms with Crippen molar-refractivity contribution in [3.05, 3.63) is 83.9 Å². The molecule has 0 aliphatic rings. The zero-order chi connectivity index (χ0) is 21.5. The van der Waals surface area contributed by atoms with Crippen LogP contribution >= 0.6 is 0 Å². The highest BCUT2D eigenvalue weighted by Crippen LogP contribution is 2.22. The number of hydrogen-bond donors (Lipinski definition) is 2. The average Bonchev–Trinajstić information content (AvgIpc) is 2.78. The van der Waals surface area contributed by atoms with Crippen molar-refractivity contribution in [3.63, 3.8) is 0 Å². The van der Waals surface area contributed by atoms with E-state index in [0.717, 1.165) is 11.1 Å². The van der Waals surface area contributed by atoms with E-state index in [1.807, 2.05) is 0 Å². The maximum absolute atomic E-state index is 12.2. The molecule has 3 aromatic rings. The Morgan fingerprint density at radius 3 is 2.07 bits per heavy atom. The zero-order valence-electron chi connectivity index (χ0n) is 16.1. The number of benzene rings is 3. The number of phenols is 1. The number of ether oxygens (including phenoxy) is 2. The van der Waals surface area contributed by atoms with Crippen LogP contribution < -0.4 is 5.32 Å². The lowest BCUT2D eigenvalue weighted by Gasteiger charge is -2.10. The first-order valence-corrected chi connectivity index (χ1v) is 9.01. The van der Waals surface area contributed by atoms with Crippen molar-refractivity contribution < 1.29 is 29.0 Å². The van der Waals surface area contributed by atoms with Gasteiger partial charge in [0.1, 0.15) is 5.75 Å². The summed E-state index contributed by atoms with van der Waals surface area (Å²) in [7, 11) is 1.25. The SMILES string of the molecule is COC(=O)c1ccccc1NC(=O)COC(=O)c1ccc(-c2ccc(O)cc2)cc1. The molecular weight excluding hydrogens is 386 g/mol. The number of carbonyl (C=O) groups excluding carboxylic acids is 3. The third-order valence-electron chi connectivity index (χ3n) is 4.26. The largest absolute Gasteiger partial charge is 0.508 e. The first-order valence-electron chi connectivity index (χ1n) is 9.01. The van der Waals surface area contributed by atoms with Crippen molar-refractivity contribution in [3.8, 4) is 16.9 Å². The molecule has 0 unspecified atom stereocenters. The van der Waals surface area contributed by atoms with Gasteiger partial charge in [0, 0.05) is 0 Å². The molecule has 0 bridgehead atoms. The first-order chi connectivity index (χ1) is 14.5. The van der Waals surface area contributed by atoms with Gasteiger partial charge in [-0.3, -0.25) is 4.79 Å². The number of hydrogen-bond acceptors (Lipinski definition) is 6. The highest BCUT2D eigenvalue weighted by Gasteiger charge is 2.15. The topological polar surface area (TPSA) is 102 Å². The maximum atomic E-state index is 12.2. The smallest absolute Gasteiger partial charge is 0.339 e. The molecule has 0 radical (unpaired) electrons. The molecule has 3 aromatic carbocycles. The number of anilines is 1. The summed E-state index contributed by atoms with van der Waals surface area (Å²) in [5.41, 5.74) is 2.51. The molecule has 0 saturated heterocycles. The molecule has 0 saturated carbocycles. The van der Waals surface area contributed by atoms with Crippen LogP contribution in [0.15, 0.2) is 72.8 Å². The van der Waals surface area contributed by atoms with E-state index in [2.05, 4.69) is 10.1 Å². The van der Waals surface area contributed by atoms with Crippen molar-refractivity contribution >= 4 is 23.5 Å². The normalized spacial score (nSPS) is 10.2. The van der Waals surface area contributed by atoms with Crippen molar-refractivity contribution in [1.29, 1.82) is 0 Å². The summed E-state index contributed by atoms with van der Waals surface area (Å²) in [5, 5.41) is 11.9. The molecule has 0 aliphatic heterocycles. The number of nitrogens with one attached hydrogen (secondary N) is 1. The van der Waals surface area contributed by atoms with Gasteiger partial charge in [-0.15, -0.1) is 0 Å².